The van der Waals surface area contributed by atoms with Crippen molar-refractivity contribution in [3.63, 3.8) is 0 Å². The molecule has 0 saturated carbocycles. The zero-order valence-corrected chi connectivity index (χ0v) is 12.7. The van der Waals surface area contributed by atoms with Gasteiger partial charge in [0.1, 0.15) is 6.07 Å². The quantitative estimate of drug-likeness (QED) is 0.866. The Morgan fingerprint density at radius 2 is 2.11 bits per heavy atom. The molecule has 2 nitrogen and oxygen atoms in total. The van der Waals surface area contributed by atoms with Crippen LogP contribution in [0.2, 0.25) is 5.02 Å². The van der Waals surface area contributed by atoms with Crippen LogP contribution in [0, 0.1) is 18.3 Å². The zero-order valence-electron chi connectivity index (χ0n) is 10.4. The van der Waals surface area contributed by atoms with Gasteiger partial charge < -0.3 is 5.32 Å². The van der Waals surface area contributed by atoms with Gasteiger partial charge in [-0.1, -0.05) is 29.8 Å². The molecule has 0 aliphatic carbocycles. The van der Waals surface area contributed by atoms with Gasteiger partial charge in [0.2, 0.25) is 0 Å². The fraction of sp³-hybridized carbons (Fsp3) is 0.133. The second-order valence-corrected chi connectivity index (χ2v) is 5.47. The Morgan fingerprint density at radius 3 is 2.79 bits per heavy atom. The lowest BCUT2D eigenvalue weighted by Gasteiger charge is -2.10. The molecule has 0 bridgehead atoms. The van der Waals surface area contributed by atoms with Crippen molar-refractivity contribution in [1.29, 1.82) is 5.26 Å². The number of aryl methyl sites for hydroxylation is 1. The molecule has 0 fully saturated rings. The summed E-state index contributed by atoms with van der Waals surface area (Å²) >= 11 is 9.36. The van der Waals surface area contributed by atoms with Crippen LogP contribution in [0.25, 0.3) is 0 Å². The van der Waals surface area contributed by atoms with E-state index in [-0.39, 0.29) is 0 Å². The normalized spacial score (nSPS) is 10.0. The topological polar surface area (TPSA) is 35.8 Å². The van der Waals surface area contributed by atoms with Gasteiger partial charge in [0.25, 0.3) is 0 Å². The standard InChI is InChI=1S/C15H12BrClN2/c1-10-3-2-4-15(12(10)8-18)19-9-11-5-6-14(17)13(16)7-11/h2-7,19H,9H2,1H3. The molecule has 0 aromatic heterocycles. The molecule has 0 unspecified atom stereocenters. The molecule has 96 valence electrons. The molecular weight excluding hydrogens is 324 g/mol. The third-order valence-corrected chi connectivity index (χ3v) is 4.07. The van der Waals surface area contributed by atoms with E-state index >= 15 is 0 Å². The largest absolute Gasteiger partial charge is 0.380 e. The van der Waals surface area contributed by atoms with Gasteiger partial charge in [0.15, 0.2) is 0 Å². The smallest absolute Gasteiger partial charge is 0.102 e. The molecule has 0 aliphatic heterocycles. The summed E-state index contributed by atoms with van der Waals surface area (Å²) in [7, 11) is 0. The Labute approximate surface area is 126 Å². The van der Waals surface area contributed by atoms with E-state index in [1.807, 2.05) is 43.3 Å². The lowest BCUT2D eigenvalue weighted by Crippen LogP contribution is -2.02. The Morgan fingerprint density at radius 1 is 1.32 bits per heavy atom. The van der Waals surface area contributed by atoms with Crippen molar-refractivity contribution < 1.29 is 0 Å². The molecule has 0 atom stereocenters. The van der Waals surface area contributed by atoms with Crippen LogP contribution in [-0.4, -0.2) is 0 Å². The van der Waals surface area contributed by atoms with Crippen molar-refractivity contribution in [2.45, 2.75) is 13.5 Å². The summed E-state index contributed by atoms with van der Waals surface area (Å²) in [4.78, 5) is 0. The summed E-state index contributed by atoms with van der Waals surface area (Å²) in [5.41, 5.74) is 3.62. The van der Waals surface area contributed by atoms with Gasteiger partial charge in [0, 0.05) is 11.0 Å². The lowest BCUT2D eigenvalue weighted by molar-refractivity contribution is 1.14. The highest BCUT2D eigenvalue weighted by atomic mass is 79.9. The molecule has 0 saturated heterocycles. The van der Waals surface area contributed by atoms with Crippen LogP contribution >= 0.6 is 27.5 Å². The van der Waals surface area contributed by atoms with Crippen LogP contribution < -0.4 is 5.32 Å². The van der Waals surface area contributed by atoms with Gasteiger partial charge in [-0.15, -0.1) is 0 Å². The molecule has 1 N–H and O–H groups in total. The van der Waals surface area contributed by atoms with Crippen LogP contribution in [0.3, 0.4) is 0 Å². The highest BCUT2D eigenvalue weighted by molar-refractivity contribution is 9.10. The highest BCUT2D eigenvalue weighted by Crippen LogP contribution is 2.24. The van der Waals surface area contributed by atoms with Crippen LogP contribution in [0.4, 0.5) is 5.69 Å². The van der Waals surface area contributed by atoms with E-state index in [1.54, 1.807) is 0 Å². The predicted molar refractivity (Wildman–Crippen MR) is 82.4 cm³/mol. The third kappa shape index (κ3) is 3.28. The maximum Gasteiger partial charge on any atom is 0.102 e. The van der Waals surface area contributed by atoms with Crippen molar-refractivity contribution in [3.05, 3.63) is 62.6 Å². The van der Waals surface area contributed by atoms with Crippen LogP contribution in [-0.2, 0) is 6.54 Å². The number of nitrogens with one attached hydrogen (secondary N) is 1. The average Bonchev–Trinajstić information content (AvgIpc) is 2.40. The van der Waals surface area contributed by atoms with E-state index in [0.717, 1.165) is 21.3 Å². The van der Waals surface area contributed by atoms with Crippen molar-refractivity contribution in [1.82, 2.24) is 0 Å². The Balaban J connectivity index is 2.17. The molecule has 0 radical (unpaired) electrons. The Kier molecular flexibility index (Phi) is 4.47. The Hall–Kier alpha value is -1.50. The number of halogens is 2. The van der Waals surface area contributed by atoms with Gasteiger partial charge >= 0.3 is 0 Å². The number of benzene rings is 2. The first kappa shape index (κ1) is 13.9. The molecule has 2 aromatic rings. The van der Waals surface area contributed by atoms with Crippen LogP contribution in [0.1, 0.15) is 16.7 Å². The van der Waals surface area contributed by atoms with E-state index in [0.29, 0.717) is 17.1 Å². The third-order valence-electron chi connectivity index (χ3n) is 2.85. The average molecular weight is 336 g/mol. The molecule has 0 aliphatic rings. The monoisotopic (exact) mass is 334 g/mol. The van der Waals surface area contributed by atoms with Gasteiger partial charge in [-0.25, -0.2) is 0 Å². The van der Waals surface area contributed by atoms with Crippen molar-refractivity contribution in [3.8, 4) is 6.07 Å². The second kappa shape index (κ2) is 6.10. The number of rotatable bonds is 3. The number of anilines is 1. The van der Waals surface area contributed by atoms with Crippen molar-refractivity contribution in [2.24, 2.45) is 0 Å². The molecular formula is C15H12BrClN2. The maximum absolute atomic E-state index is 9.16. The number of hydrogen-bond donors (Lipinski definition) is 1. The van der Waals surface area contributed by atoms with Gasteiger partial charge in [-0.3, -0.25) is 0 Å². The molecule has 0 heterocycles. The summed E-state index contributed by atoms with van der Waals surface area (Å²) in [5.74, 6) is 0. The second-order valence-electron chi connectivity index (χ2n) is 4.21. The molecule has 0 amide bonds. The fourth-order valence-electron chi connectivity index (χ4n) is 1.81. The maximum atomic E-state index is 9.16. The van der Waals surface area contributed by atoms with E-state index in [9.17, 15) is 0 Å². The number of hydrogen-bond acceptors (Lipinski definition) is 2. The van der Waals surface area contributed by atoms with Gasteiger partial charge in [0.05, 0.1) is 16.3 Å². The lowest BCUT2D eigenvalue weighted by atomic mass is 10.1. The van der Waals surface area contributed by atoms with Crippen molar-refractivity contribution in [2.75, 3.05) is 5.32 Å². The van der Waals surface area contributed by atoms with E-state index in [4.69, 9.17) is 16.9 Å². The first-order valence-corrected chi connectivity index (χ1v) is 6.96. The molecule has 19 heavy (non-hydrogen) atoms. The minimum Gasteiger partial charge on any atom is -0.380 e. The first-order chi connectivity index (χ1) is 9.11. The minimum absolute atomic E-state index is 0.647. The summed E-state index contributed by atoms with van der Waals surface area (Å²) in [6.45, 7) is 2.58. The molecule has 2 rings (SSSR count). The van der Waals surface area contributed by atoms with Gasteiger partial charge in [-0.05, 0) is 52.2 Å². The number of nitrogens with zero attached hydrogens (tertiary/aromatic N) is 1. The zero-order chi connectivity index (χ0) is 13.8. The molecule has 2 aromatic carbocycles. The molecule has 0 spiro atoms. The highest BCUT2D eigenvalue weighted by Gasteiger charge is 2.05. The van der Waals surface area contributed by atoms with E-state index in [2.05, 4.69) is 27.3 Å². The summed E-state index contributed by atoms with van der Waals surface area (Å²) in [6.07, 6.45) is 0. The van der Waals surface area contributed by atoms with Crippen LogP contribution in [0.15, 0.2) is 40.9 Å². The van der Waals surface area contributed by atoms with Crippen LogP contribution in [0.5, 0.6) is 0 Å². The Bertz CT molecular complexity index is 647. The minimum atomic E-state index is 0.647. The predicted octanol–water partition coefficient (Wildman–Crippen LogP) is 4.89. The van der Waals surface area contributed by atoms with E-state index in [1.165, 1.54) is 0 Å². The SMILES string of the molecule is Cc1cccc(NCc2ccc(Cl)c(Br)c2)c1C#N. The summed E-state index contributed by atoms with van der Waals surface area (Å²) in [5, 5.41) is 13.1. The summed E-state index contributed by atoms with van der Waals surface area (Å²) in [6, 6.07) is 13.8. The van der Waals surface area contributed by atoms with Crippen molar-refractivity contribution >= 4 is 33.2 Å². The summed E-state index contributed by atoms with van der Waals surface area (Å²) < 4.78 is 0.873. The first-order valence-electron chi connectivity index (χ1n) is 5.79. The fourth-order valence-corrected chi connectivity index (χ4v) is 2.35. The number of nitriles is 1. The van der Waals surface area contributed by atoms with E-state index < -0.39 is 0 Å². The van der Waals surface area contributed by atoms with Gasteiger partial charge in [-0.2, -0.15) is 5.26 Å². The molecule has 4 heteroatoms.